The van der Waals surface area contributed by atoms with E-state index in [2.05, 4.69) is 4.52 Å². The number of methoxy groups -OCH3 is 1. The van der Waals surface area contributed by atoms with E-state index >= 15 is 0 Å². The minimum Gasteiger partial charge on any atom is -0.381 e. The number of hydrogen-bond donors (Lipinski definition) is 1. The number of nitrogens with zero attached hydrogens (tertiary/aromatic N) is 1. The second-order valence-corrected chi connectivity index (χ2v) is 8.09. The molecule has 2 aliphatic rings. The van der Waals surface area contributed by atoms with Gasteiger partial charge in [-0.15, -0.1) is 0 Å². The third-order valence-electron chi connectivity index (χ3n) is 4.95. The number of aromatic nitrogens is 1. The van der Waals surface area contributed by atoms with E-state index in [-0.39, 0.29) is 18.8 Å². The molecule has 1 aromatic heterocycles. The van der Waals surface area contributed by atoms with Gasteiger partial charge in [0.25, 0.3) is 5.56 Å². The smallest absolute Gasteiger partial charge is 0.381 e. The zero-order valence-electron chi connectivity index (χ0n) is 14.8. The second-order valence-electron chi connectivity index (χ2n) is 6.57. The Bertz CT molecular complexity index is 961. The summed E-state index contributed by atoms with van der Waals surface area (Å²) < 4.78 is 40.3. The molecule has 2 fully saturated rings. The summed E-state index contributed by atoms with van der Waals surface area (Å²) in [5.41, 5.74) is -1.37. The van der Waals surface area contributed by atoms with Crippen molar-refractivity contribution in [2.45, 2.75) is 24.0 Å². The first-order valence-corrected chi connectivity index (χ1v) is 9.85. The highest BCUT2D eigenvalue weighted by molar-refractivity contribution is 7.47. The van der Waals surface area contributed by atoms with Crippen LogP contribution in [0.4, 0.5) is 0 Å². The molecule has 10 heteroatoms. The molecule has 2 bridgehead atoms. The Morgan fingerprint density at radius 3 is 2.85 bits per heavy atom. The van der Waals surface area contributed by atoms with Gasteiger partial charge in [0.15, 0.2) is 6.23 Å². The van der Waals surface area contributed by atoms with Crippen LogP contribution in [0.15, 0.2) is 41.3 Å². The van der Waals surface area contributed by atoms with Crippen LogP contribution in [0.3, 0.4) is 0 Å². The Morgan fingerprint density at radius 2 is 2.11 bits per heavy atom. The summed E-state index contributed by atoms with van der Waals surface area (Å²) in [7, 11) is -1.74. The van der Waals surface area contributed by atoms with Crippen LogP contribution < -0.4 is 5.56 Å². The van der Waals surface area contributed by atoms with E-state index in [4.69, 9.17) is 18.7 Å². The third kappa shape index (κ3) is 3.05. The van der Waals surface area contributed by atoms with Crippen LogP contribution in [-0.4, -0.2) is 54.7 Å². The van der Waals surface area contributed by atoms with Gasteiger partial charge in [0.2, 0.25) is 0 Å². The predicted octanol–water partition coefficient (Wildman–Crippen LogP) is 1.45. The maximum Gasteiger partial charge on any atom is 0.472 e. The fraction of sp³-hybridized carbons (Fsp3) is 0.471. The zero-order valence-corrected chi connectivity index (χ0v) is 15.7. The zero-order chi connectivity index (χ0) is 19.2. The van der Waals surface area contributed by atoms with Gasteiger partial charge in [-0.2, -0.15) is 0 Å². The van der Waals surface area contributed by atoms with Crippen molar-refractivity contribution >= 4 is 18.6 Å². The Balaban J connectivity index is 1.75. The predicted molar refractivity (Wildman–Crippen MR) is 94.4 cm³/mol. The second kappa shape index (κ2) is 6.79. The van der Waals surface area contributed by atoms with Gasteiger partial charge in [0, 0.05) is 25.8 Å². The van der Waals surface area contributed by atoms with Crippen molar-refractivity contribution in [2.24, 2.45) is 0 Å². The number of rotatable bonds is 6. The molecule has 1 aromatic carbocycles. The van der Waals surface area contributed by atoms with Crippen LogP contribution in [0, 0.1) is 0 Å². The summed E-state index contributed by atoms with van der Waals surface area (Å²) in [6.45, 7) is 0.176. The molecular weight excluding hydrogens is 377 g/mol. The van der Waals surface area contributed by atoms with Gasteiger partial charge in [-0.25, -0.2) is 4.57 Å². The number of hydrogen-bond acceptors (Lipinski definition) is 7. The van der Waals surface area contributed by atoms with E-state index in [0.717, 1.165) is 12.5 Å². The normalized spacial score (nSPS) is 32.0. The molecule has 2 aromatic rings. The highest BCUT2D eigenvalue weighted by Crippen LogP contribution is 2.54. The van der Waals surface area contributed by atoms with Gasteiger partial charge in [-0.1, -0.05) is 18.2 Å². The number of ether oxygens (including phenoxy) is 3. The summed E-state index contributed by atoms with van der Waals surface area (Å²) in [5, 5.41) is 1.34. The largest absolute Gasteiger partial charge is 0.472 e. The standard InChI is InChI=1S/C17H20NO8P/c1-22-9-17-10-24-13(14(17)26-27(20,21)23-2)16(25-17)18-8-7-11-5-3-4-6-12(11)15(18)19/h3-8,13-14,16H,9-10H2,1-2H3,(H,20,21)/t13-,14-,16?,17-/m0/s1. The number of fused-ring (bicyclic) bond motifs is 3. The topological polar surface area (TPSA) is 105 Å². The highest BCUT2D eigenvalue weighted by atomic mass is 31.2. The maximum atomic E-state index is 12.9. The lowest BCUT2D eigenvalue weighted by Crippen LogP contribution is -2.45. The fourth-order valence-electron chi connectivity index (χ4n) is 3.71. The van der Waals surface area contributed by atoms with Gasteiger partial charge in [-0.05, 0) is 17.5 Å². The fourth-order valence-corrected chi connectivity index (χ4v) is 4.40. The summed E-state index contributed by atoms with van der Waals surface area (Å²) in [5.74, 6) is 0. The molecule has 0 saturated carbocycles. The van der Waals surface area contributed by atoms with Crippen LogP contribution in [0.2, 0.25) is 0 Å². The van der Waals surface area contributed by atoms with Gasteiger partial charge in [-0.3, -0.25) is 18.4 Å². The van der Waals surface area contributed by atoms with Gasteiger partial charge in [0.1, 0.15) is 17.8 Å². The van der Waals surface area contributed by atoms with E-state index in [1.165, 1.54) is 11.7 Å². The van der Waals surface area contributed by atoms with E-state index < -0.39 is 31.9 Å². The molecule has 1 N–H and O–H groups in total. The van der Waals surface area contributed by atoms with Crippen LogP contribution >= 0.6 is 7.82 Å². The van der Waals surface area contributed by atoms with Gasteiger partial charge in [0.05, 0.1) is 13.2 Å². The van der Waals surface area contributed by atoms with Crippen LogP contribution in [0.1, 0.15) is 6.23 Å². The Kier molecular flexibility index (Phi) is 4.72. The lowest BCUT2D eigenvalue weighted by atomic mass is 10.0. The van der Waals surface area contributed by atoms with Crippen molar-refractivity contribution in [3.63, 3.8) is 0 Å². The summed E-state index contributed by atoms with van der Waals surface area (Å²) in [6.07, 6.45) is -0.912. The third-order valence-corrected chi connectivity index (χ3v) is 5.91. The summed E-state index contributed by atoms with van der Waals surface area (Å²) in [4.78, 5) is 22.7. The first kappa shape index (κ1) is 18.8. The first-order valence-electron chi connectivity index (χ1n) is 8.36. The Morgan fingerprint density at radius 1 is 1.33 bits per heavy atom. The average molecular weight is 397 g/mol. The number of phosphoric ester groups is 1. The Hall–Kier alpha value is -1.58. The van der Waals surface area contributed by atoms with E-state index in [1.807, 2.05) is 12.1 Å². The molecule has 4 rings (SSSR count). The maximum absolute atomic E-state index is 12.9. The van der Waals surface area contributed by atoms with Crippen LogP contribution in [-0.2, 0) is 27.8 Å². The van der Waals surface area contributed by atoms with Crippen LogP contribution in [0.5, 0.6) is 0 Å². The van der Waals surface area contributed by atoms with Crippen molar-refractivity contribution in [2.75, 3.05) is 27.4 Å². The van der Waals surface area contributed by atoms with E-state index in [9.17, 15) is 14.3 Å². The molecule has 2 unspecified atom stereocenters. The number of benzene rings is 1. The van der Waals surface area contributed by atoms with Crippen molar-refractivity contribution in [3.8, 4) is 0 Å². The average Bonchev–Trinajstić information content (AvgIpc) is 3.13. The molecule has 0 aliphatic carbocycles. The molecule has 146 valence electrons. The molecule has 2 saturated heterocycles. The number of phosphoric acid groups is 1. The monoisotopic (exact) mass is 397 g/mol. The molecule has 9 nitrogen and oxygen atoms in total. The van der Waals surface area contributed by atoms with Crippen molar-refractivity contribution in [1.82, 2.24) is 4.57 Å². The SMILES string of the molecule is COC[C@@]12CO[C@H](C(n3ccc4ccccc4c3=O)O1)[C@@H]2OP(=O)(O)OC. The van der Waals surface area contributed by atoms with Crippen molar-refractivity contribution in [3.05, 3.63) is 46.9 Å². The van der Waals surface area contributed by atoms with Crippen molar-refractivity contribution in [1.29, 1.82) is 0 Å². The quantitative estimate of drug-likeness (QED) is 0.731. The Labute approximate surface area is 155 Å². The highest BCUT2D eigenvalue weighted by Gasteiger charge is 2.64. The van der Waals surface area contributed by atoms with Gasteiger partial charge < -0.3 is 19.1 Å². The minimum atomic E-state index is -4.30. The molecular formula is C17H20NO8P. The molecule has 0 amide bonds. The molecule has 0 spiro atoms. The molecule has 3 heterocycles. The lowest BCUT2D eigenvalue weighted by Gasteiger charge is -2.31. The molecule has 2 aliphatic heterocycles. The van der Waals surface area contributed by atoms with E-state index in [0.29, 0.717) is 5.39 Å². The molecule has 0 radical (unpaired) electrons. The number of pyridine rings is 1. The van der Waals surface area contributed by atoms with Crippen molar-refractivity contribution < 1.29 is 32.7 Å². The lowest BCUT2D eigenvalue weighted by molar-refractivity contribution is -0.190. The van der Waals surface area contributed by atoms with Gasteiger partial charge >= 0.3 is 7.82 Å². The summed E-state index contributed by atoms with van der Waals surface area (Å²) in [6, 6.07) is 9.01. The summed E-state index contributed by atoms with van der Waals surface area (Å²) >= 11 is 0. The first-order chi connectivity index (χ1) is 12.9. The molecule has 27 heavy (non-hydrogen) atoms. The van der Waals surface area contributed by atoms with Crippen LogP contribution in [0.25, 0.3) is 10.8 Å². The molecule has 5 atom stereocenters. The van der Waals surface area contributed by atoms with E-state index in [1.54, 1.807) is 24.4 Å². The minimum absolute atomic E-state index is 0.0662.